The molecular weight excluding hydrogens is 496 g/mol. The van der Waals surface area contributed by atoms with Gasteiger partial charge in [0.1, 0.15) is 17.8 Å². The lowest BCUT2D eigenvalue weighted by atomic mass is 9.37. The van der Waals surface area contributed by atoms with E-state index in [0.717, 1.165) is 32.1 Å². The zero-order chi connectivity index (χ0) is 29.0. The third-order valence-electron chi connectivity index (χ3n) is 12.9. The average Bonchev–Trinajstić information content (AvgIpc) is 3.17. The highest BCUT2D eigenvalue weighted by atomic mass is 16.7. The van der Waals surface area contributed by atoms with E-state index in [1.165, 1.54) is 26.3 Å². The van der Waals surface area contributed by atoms with Crippen LogP contribution in [-0.2, 0) is 14.3 Å². The van der Waals surface area contributed by atoms with E-state index >= 15 is 0 Å². The summed E-state index contributed by atoms with van der Waals surface area (Å²) >= 11 is 0. The van der Waals surface area contributed by atoms with Crippen molar-refractivity contribution in [2.75, 3.05) is 6.61 Å². The summed E-state index contributed by atoms with van der Waals surface area (Å²) in [7, 11) is 0. The van der Waals surface area contributed by atoms with E-state index in [4.69, 9.17) is 9.47 Å². The Morgan fingerprint density at radius 3 is 2.28 bits per heavy atom. The number of rotatable bonds is 3. The summed E-state index contributed by atoms with van der Waals surface area (Å²) < 4.78 is 11.6. The normalized spacial score (nSPS) is 51.3. The molecule has 0 bridgehead atoms. The third kappa shape index (κ3) is 3.96. The molecule has 4 aliphatic carbocycles. The van der Waals surface area contributed by atoms with Gasteiger partial charge in [-0.15, -0.1) is 0 Å². The Morgan fingerprint density at radius 2 is 1.69 bits per heavy atom. The number of esters is 1. The van der Waals surface area contributed by atoms with E-state index in [9.17, 15) is 25.2 Å². The van der Waals surface area contributed by atoms with Crippen molar-refractivity contribution in [2.24, 2.45) is 45.3 Å². The Balaban J connectivity index is 1.42. The fourth-order valence-corrected chi connectivity index (χ4v) is 10.8. The third-order valence-corrected chi connectivity index (χ3v) is 12.9. The first-order valence-corrected chi connectivity index (χ1v) is 15.2. The van der Waals surface area contributed by atoms with Crippen molar-refractivity contribution in [1.82, 2.24) is 0 Å². The molecule has 39 heavy (non-hydrogen) atoms. The van der Waals surface area contributed by atoms with Crippen LogP contribution in [0, 0.1) is 45.3 Å². The highest BCUT2D eigenvalue weighted by Gasteiger charge is 2.69. The van der Waals surface area contributed by atoms with Crippen molar-refractivity contribution in [2.45, 2.75) is 130 Å². The number of allylic oxidation sites excluding steroid dienone is 1. The van der Waals surface area contributed by atoms with E-state index in [2.05, 4.69) is 40.7 Å². The van der Waals surface area contributed by atoms with Crippen molar-refractivity contribution < 1.29 is 34.7 Å². The molecule has 7 nitrogen and oxygen atoms in total. The van der Waals surface area contributed by atoms with Gasteiger partial charge in [0.05, 0.1) is 12.7 Å². The number of aliphatic hydroxyl groups is 4. The molecule has 0 aromatic heterocycles. The summed E-state index contributed by atoms with van der Waals surface area (Å²) in [5.74, 6) is -1.36. The van der Waals surface area contributed by atoms with Gasteiger partial charge in [-0.1, -0.05) is 46.3 Å². The zero-order valence-electron chi connectivity index (χ0n) is 25.3. The van der Waals surface area contributed by atoms with Crippen molar-refractivity contribution in [1.29, 1.82) is 0 Å². The molecule has 222 valence electrons. The van der Waals surface area contributed by atoms with Gasteiger partial charge in [0, 0.05) is 17.8 Å². The molecule has 0 radical (unpaired) electrons. The summed E-state index contributed by atoms with van der Waals surface area (Å²) in [5.41, 5.74) is -0.881. The molecule has 1 saturated heterocycles. The summed E-state index contributed by atoms with van der Waals surface area (Å²) in [4.78, 5) is 11.9. The number of fused-ring (bicyclic) bond motifs is 5. The van der Waals surface area contributed by atoms with Crippen LogP contribution in [0.2, 0.25) is 0 Å². The largest absolute Gasteiger partial charge is 0.462 e. The highest BCUT2D eigenvalue weighted by molar-refractivity contribution is 5.66. The number of carbonyl (C=O) groups is 1. The zero-order valence-corrected chi connectivity index (χ0v) is 25.3. The number of ether oxygens (including phenoxy) is 2. The van der Waals surface area contributed by atoms with Crippen LogP contribution in [0.25, 0.3) is 0 Å². The molecule has 0 spiro atoms. The highest BCUT2D eigenvalue weighted by Crippen LogP contribution is 2.73. The van der Waals surface area contributed by atoms with Crippen LogP contribution in [-0.4, -0.2) is 62.7 Å². The van der Waals surface area contributed by atoms with Crippen LogP contribution in [0.15, 0.2) is 11.6 Å². The Hall–Kier alpha value is -0.990. The van der Waals surface area contributed by atoms with Gasteiger partial charge in [-0.05, 0) is 93.3 Å². The quantitative estimate of drug-likeness (QED) is 0.306. The lowest BCUT2D eigenvalue weighted by molar-refractivity contribution is -0.353. The minimum Gasteiger partial charge on any atom is -0.462 e. The van der Waals surface area contributed by atoms with Gasteiger partial charge in [0.15, 0.2) is 0 Å². The number of hydrogen-bond acceptors (Lipinski definition) is 7. The predicted octanol–water partition coefficient (Wildman–Crippen LogP) is 4.35. The molecule has 5 aliphatic rings. The molecule has 4 fully saturated rings. The fourth-order valence-electron chi connectivity index (χ4n) is 10.8. The first-order valence-electron chi connectivity index (χ1n) is 15.2. The Bertz CT molecular complexity index is 1030. The average molecular weight is 549 g/mol. The van der Waals surface area contributed by atoms with Crippen LogP contribution in [0.5, 0.6) is 0 Å². The van der Waals surface area contributed by atoms with Gasteiger partial charge in [0.25, 0.3) is 0 Å². The first-order chi connectivity index (χ1) is 17.8. The lowest BCUT2D eigenvalue weighted by Crippen LogP contribution is -2.66. The van der Waals surface area contributed by atoms with Gasteiger partial charge in [-0.3, -0.25) is 4.79 Å². The summed E-state index contributed by atoms with van der Waals surface area (Å²) in [6.07, 6.45) is 6.36. The standard InChI is InChI=1S/C32H52O7/c1-18(33)39-26-12-14-30(7)22-11-13-29(6)20(19-15-25(35)32(37,38-17-19)28(4,5)36)9-10-21(29)31(22,8)24(34)16-23(30)27(26,2)3/h10,19-20,22-26,34-37H,9,11-17H2,1-8H3/t19-,20+,22-,23+,24-,25-,26-,29+,30-,31+,32+/m1/s1. The van der Waals surface area contributed by atoms with Crippen molar-refractivity contribution in [3.8, 4) is 0 Å². The van der Waals surface area contributed by atoms with Crippen molar-refractivity contribution in [3.63, 3.8) is 0 Å². The van der Waals surface area contributed by atoms with Gasteiger partial charge in [0.2, 0.25) is 5.79 Å². The van der Waals surface area contributed by atoms with E-state index in [1.807, 2.05) is 0 Å². The van der Waals surface area contributed by atoms with Gasteiger partial charge < -0.3 is 29.9 Å². The van der Waals surface area contributed by atoms with Crippen LogP contribution in [0.3, 0.4) is 0 Å². The van der Waals surface area contributed by atoms with E-state index < -0.39 is 23.6 Å². The van der Waals surface area contributed by atoms with Crippen LogP contribution in [0.1, 0.15) is 100 Å². The smallest absolute Gasteiger partial charge is 0.302 e. The monoisotopic (exact) mass is 548 g/mol. The van der Waals surface area contributed by atoms with E-state index in [-0.39, 0.29) is 58.1 Å². The maximum Gasteiger partial charge on any atom is 0.302 e. The number of hydrogen-bond donors (Lipinski definition) is 4. The van der Waals surface area contributed by atoms with Gasteiger partial charge in [-0.25, -0.2) is 0 Å². The summed E-state index contributed by atoms with van der Waals surface area (Å²) in [6.45, 7) is 16.2. The topological polar surface area (TPSA) is 116 Å². The molecular formula is C32H52O7. The van der Waals surface area contributed by atoms with E-state index in [0.29, 0.717) is 18.8 Å². The molecule has 0 aromatic carbocycles. The van der Waals surface area contributed by atoms with Gasteiger partial charge >= 0.3 is 5.97 Å². The van der Waals surface area contributed by atoms with Crippen molar-refractivity contribution >= 4 is 5.97 Å². The van der Waals surface area contributed by atoms with Crippen LogP contribution >= 0.6 is 0 Å². The minimum atomic E-state index is -1.98. The second-order valence-corrected chi connectivity index (χ2v) is 15.6. The minimum absolute atomic E-state index is 0.0295. The maximum atomic E-state index is 12.0. The number of carbonyl (C=O) groups excluding carboxylic acids is 1. The second kappa shape index (κ2) is 9.00. The molecule has 0 unspecified atom stereocenters. The molecule has 1 heterocycles. The molecule has 11 atom stereocenters. The number of aliphatic hydroxyl groups excluding tert-OH is 2. The Labute approximate surface area is 234 Å². The molecule has 4 N–H and O–H groups in total. The summed E-state index contributed by atoms with van der Waals surface area (Å²) in [5, 5.41) is 44.3. The van der Waals surface area contributed by atoms with Gasteiger partial charge in [-0.2, -0.15) is 0 Å². The second-order valence-electron chi connectivity index (χ2n) is 15.6. The molecule has 7 heteroatoms. The predicted molar refractivity (Wildman–Crippen MR) is 147 cm³/mol. The van der Waals surface area contributed by atoms with Crippen LogP contribution in [0.4, 0.5) is 0 Å². The maximum absolute atomic E-state index is 12.0. The molecule has 3 saturated carbocycles. The molecule has 0 aromatic rings. The Morgan fingerprint density at radius 1 is 1.03 bits per heavy atom. The van der Waals surface area contributed by atoms with Crippen molar-refractivity contribution in [3.05, 3.63) is 11.6 Å². The Kier molecular flexibility index (Phi) is 6.81. The molecule has 1 aliphatic heterocycles. The molecule has 0 amide bonds. The van der Waals surface area contributed by atoms with E-state index in [1.54, 1.807) is 0 Å². The summed E-state index contributed by atoms with van der Waals surface area (Å²) in [6, 6.07) is 0. The fraction of sp³-hybridized carbons (Fsp3) is 0.906. The first kappa shape index (κ1) is 29.5. The van der Waals surface area contributed by atoms with Crippen LogP contribution < -0.4 is 0 Å². The molecule has 5 rings (SSSR count). The SMILES string of the molecule is CC(=O)O[C@@H]1CC[C@]2(C)[C@H]3CC[C@]4(C)C(=CC[C@H]4[C@H]4CO[C@](O)(C(C)(C)O)[C@H](O)C4)[C@]3(C)[C@H](O)C[C@H]2C1(C)C. The lowest BCUT2D eigenvalue weighted by Gasteiger charge is -2.68.